The molecule has 2 aromatic rings. The van der Waals surface area contributed by atoms with Crippen LogP contribution in [-0.2, 0) is 11.3 Å². The standard InChI is InChI=1S/C22H28N4O3/c1-17-10-11-19(24-21(28)18-8-4-2-5-9-18)22(29)26(17)16-20(27)23-12-15-25-13-6-3-7-14-25/h2,4-5,8-11H,3,6-7,12-16H2,1H3,(H,23,27)(H,24,28). The van der Waals surface area contributed by atoms with Gasteiger partial charge in [0.1, 0.15) is 12.2 Å². The number of piperidine rings is 1. The summed E-state index contributed by atoms with van der Waals surface area (Å²) in [4.78, 5) is 39.8. The van der Waals surface area contributed by atoms with Crippen molar-refractivity contribution in [2.45, 2.75) is 32.7 Å². The van der Waals surface area contributed by atoms with E-state index in [1.54, 1.807) is 43.3 Å². The highest BCUT2D eigenvalue weighted by atomic mass is 16.2. The fraction of sp³-hybridized carbons (Fsp3) is 0.409. The first kappa shape index (κ1) is 20.8. The number of nitrogens with one attached hydrogen (secondary N) is 2. The van der Waals surface area contributed by atoms with Gasteiger partial charge in [-0.1, -0.05) is 24.6 Å². The molecule has 1 aromatic carbocycles. The molecule has 1 aromatic heterocycles. The van der Waals surface area contributed by atoms with E-state index in [4.69, 9.17) is 0 Å². The summed E-state index contributed by atoms with van der Waals surface area (Å²) in [5.41, 5.74) is 0.902. The van der Waals surface area contributed by atoms with Crippen LogP contribution in [0.3, 0.4) is 0 Å². The lowest BCUT2D eigenvalue weighted by Gasteiger charge is -2.26. The molecule has 3 rings (SSSR count). The number of hydrogen-bond acceptors (Lipinski definition) is 4. The maximum atomic E-state index is 12.8. The molecule has 2 heterocycles. The average Bonchev–Trinajstić information content (AvgIpc) is 2.74. The van der Waals surface area contributed by atoms with Crippen LogP contribution in [0.15, 0.2) is 47.3 Å². The van der Waals surface area contributed by atoms with Gasteiger partial charge in [0.15, 0.2) is 0 Å². The second-order valence-corrected chi connectivity index (χ2v) is 7.35. The fourth-order valence-corrected chi connectivity index (χ4v) is 3.48. The summed E-state index contributed by atoms with van der Waals surface area (Å²) < 4.78 is 1.39. The quantitative estimate of drug-likeness (QED) is 0.750. The first-order chi connectivity index (χ1) is 14.0. The Morgan fingerprint density at radius 2 is 1.72 bits per heavy atom. The topological polar surface area (TPSA) is 83.4 Å². The maximum Gasteiger partial charge on any atom is 0.274 e. The molecule has 7 nitrogen and oxygen atoms in total. The van der Waals surface area contributed by atoms with Crippen LogP contribution >= 0.6 is 0 Å². The molecule has 0 saturated carbocycles. The van der Waals surface area contributed by atoms with E-state index in [1.165, 1.54) is 23.8 Å². The number of rotatable bonds is 7. The van der Waals surface area contributed by atoms with E-state index in [0.717, 1.165) is 19.6 Å². The zero-order valence-electron chi connectivity index (χ0n) is 16.8. The second-order valence-electron chi connectivity index (χ2n) is 7.35. The van der Waals surface area contributed by atoms with Crippen molar-refractivity contribution >= 4 is 17.5 Å². The van der Waals surface area contributed by atoms with E-state index >= 15 is 0 Å². The maximum absolute atomic E-state index is 12.8. The van der Waals surface area contributed by atoms with Gasteiger partial charge in [0.2, 0.25) is 5.91 Å². The molecule has 0 aliphatic carbocycles. The summed E-state index contributed by atoms with van der Waals surface area (Å²) in [6, 6.07) is 12.0. The summed E-state index contributed by atoms with van der Waals surface area (Å²) in [5, 5.41) is 5.53. The van der Waals surface area contributed by atoms with Crippen LogP contribution in [0.5, 0.6) is 0 Å². The summed E-state index contributed by atoms with van der Waals surface area (Å²) in [6.45, 7) is 5.25. The van der Waals surface area contributed by atoms with Crippen molar-refractivity contribution in [1.29, 1.82) is 0 Å². The number of aromatic nitrogens is 1. The number of nitrogens with zero attached hydrogens (tertiary/aromatic N) is 2. The molecule has 0 spiro atoms. The molecule has 1 fully saturated rings. The zero-order chi connectivity index (χ0) is 20.6. The fourth-order valence-electron chi connectivity index (χ4n) is 3.48. The zero-order valence-corrected chi connectivity index (χ0v) is 16.8. The van der Waals surface area contributed by atoms with Gasteiger partial charge >= 0.3 is 0 Å². The molecule has 0 unspecified atom stereocenters. The van der Waals surface area contributed by atoms with Crippen LogP contribution in [0.4, 0.5) is 5.69 Å². The van der Waals surface area contributed by atoms with Gasteiger partial charge in [0, 0.05) is 24.3 Å². The highest BCUT2D eigenvalue weighted by Crippen LogP contribution is 2.08. The lowest BCUT2D eigenvalue weighted by molar-refractivity contribution is -0.121. The van der Waals surface area contributed by atoms with Gasteiger partial charge in [0.05, 0.1) is 0 Å². The van der Waals surface area contributed by atoms with Gasteiger partial charge in [-0.2, -0.15) is 0 Å². The average molecular weight is 396 g/mol. The number of carbonyl (C=O) groups is 2. The molecule has 7 heteroatoms. The lowest BCUT2D eigenvalue weighted by Crippen LogP contribution is -2.40. The van der Waals surface area contributed by atoms with Gasteiger partial charge in [-0.3, -0.25) is 14.4 Å². The van der Waals surface area contributed by atoms with Crippen molar-refractivity contribution in [3.63, 3.8) is 0 Å². The highest BCUT2D eigenvalue weighted by molar-refractivity contribution is 6.04. The van der Waals surface area contributed by atoms with Crippen LogP contribution in [-0.4, -0.2) is 47.5 Å². The van der Waals surface area contributed by atoms with Crippen LogP contribution in [0.1, 0.15) is 35.3 Å². The number of anilines is 1. The van der Waals surface area contributed by atoms with E-state index in [2.05, 4.69) is 15.5 Å². The first-order valence-corrected chi connectivity index (χ1v) is 10.1. The monoisotopic (exact) mass is 396 g/mol. The molecule has 0 radical (unpaired) electrons. The predicted octanol–water partition coefficient (Wildman–Crippen LogP) is 2.01. The van der Waals surface area contributed by atoms with Gasteiger partial charge in [0.25, 0.3) is 11.5 Å². The summed E-state index contributed by atoms with van der Waals surface area (Å²) in [5.74, 6) is -0.567. The predicted molar refractivity (Wildman–Crippen MR) is 113 cm³/mol. The minimum Gasteiger partial charge on any atom is -0.353 e. The molecule has 0 bridgehead atoms. The largest absolute Gasteiger partial charge is 0.353 e. The number of carbonyl (C=O) groups excluding carboxylic acids is 2. The number of hydrogen-bond donors (Lipinski definition) is 2. The summed E-state index contributed by atoms with van der Waals surface area (Å²) in [7, 11) is 0. The highest BCUT2D eigenvalue weighted by Gasteiger charge is 2.14. The third-order valence-electron chi connectivity index (χ3n) is 5.18. The molecule has 1 aliphatic heterocycles. The Morgan fingerprint density at radius 3 is 2.45 bits per heavy atom. The minimum absolute atomic E-state index is 0.0697. The molecule has 29 heavy (non-hydrogen) atoms. The Hall–Kier alpha value is -2.93. The van der Waals surface area contributed by atoms with Gasteiger partial charge < -0.3 is 20.1 Å². The third-order valence-corrected chi connectivity index (χ3v) is 5.18. The van der Waals surface area contributed by atoms with Crippen LogP contribution in [0.2, 0.25) is 0 Å². The Bertz CT molecular complexity index is 902. The Morgan fingerprint density at radius 1 is 1.00 bits per heavy atom. The van der Waals surface area contributed by atoms with Crippen molar-refractivity contribution in [2.24, 2.45) is 0 Å². The third kappa shape index (κ3) is 5.77. The van der Waals surface area contributed by atoms with Gasteiger partial charge in [-0.05, 0) is 57.1 Å². The number of aryl methyl sites for hydroxylation is 1. The molecule has 0 atom stereocenters. The lowest BCUT2D eigenvalue weighted by atomic mass is 10.1. The van der Waals surface area contributed by atoms with Crippen LogP contribution in [0, 0.1) is 6.92 Å². The van der Waals surface area contributed by atoms with Crippen molar-refractivity contribution in [3.05, 3.63) is 64.1 Å². The van der Waals surface area contributed by atoms with E-state index in [9.17, 15) is 14.4 Å². The van der Waals surface area contributed by atoms with Crippen molar-refractivity contribution in [2.75, 3.05) is 31.5 Å². The smallest absolute Gasteiger partial charge is 0.274 e. The molecule has 2 amide bonds. The van der Waals surface area contributed by atoms with E-state index in [-0.39, 0.29) is 29.6 Å². The van der Waals surface area contributed by atoms with Gasteiger partial charge in [-0.25, -0.2) is 0 Å². The summed E-state index contributed by atoms with van der Waals surface area (Å²) >= 11 is 0. The van der Waals surface area contributed by atoms with Crippen molar-refractivity contribution < 1.29 is 9.59 Å². The van der Waals surface area contributed by atoms with Crippen LogP contribution < -0.4 is 16.2 Å². The van der Waals surface area contributed by atoms with E-state index < -0.39 is 0 Å². The Labute approximate surface area is 170 Å². The number of pyridine rings is 1. The Balaban J connectivity index is 1.60. The van der Waals surface area contributed by atoms with Crippen molar-refractivity contribution in [1.82, 2.24) is 14.8 Å². The van der Waals surface area contributed by atoms with Gasteiger partial charge in [-0.15, -0.1) is 0 Å². The molecule has 2 N–H and O–H groups in total. The molecular weight excluding hydrogens is 368 g/mol. The molecule has 1 saturated heterocycles. The number of benzene rings is 1. The minimum atomic E-state index is -0.388. The molecular formula is C22H28N4O3. The van der Waals surface area contributed by atoms with Crippen molar-refractivity contribution in [3.8, 4) is 0 Å². The van der Waals surface area contributed by atoms with E-state index in [1.807, 2.05) is 6.07 Å². The summed E-state index contributed by atoms with van der Waals surface area (Å²) in [6.07, 6.45) is 3.70. The normalized spacial score (nSPS) is 14.4. The van der Waals surface area contributed by atoms with Crippen LogP contribution in [0.25, 0.3) is 0 Å². The second kappa shape index (κ2) is 10.0. The number of amides is 2. The SMILES string of the molecule is Cc1ccc(NC(=O)c2ccccc2)c(=O)n1CC(=O)NCCN1CCCCC1. The number of likely N-dealkylation sites (tertiary alicyclic amines) is 1. The molecule has 1 aliphatic rings. The molecule has 154 valence electrons. The first-order valence-electron chi connectivity index (χ1n) is 10.1. The van der Waals surface area contributed by atoms with E-state index in [0.29, 0.717) is 17.8 Å². The Kier molecular flexibility index (Phi) is 7.19.